The van der Waals surface area contributed by atoms with Crippen molar-refractivity contribution < 1.29 is 14.3 Å². The third-order valence-corrected chi connectivity index (χ3v) is 1.49. The van der Waals surface area contributed by atoms with Crippen LogP contribution in [0.2, 0.25) is 0 Å². The molecule has 13 heavy (non-hydrogen) atoms. The van der Waals surface area contributed by atoms with Crippen LogP contribution in [0.15, 0.2) is 12.2 Å². The van der Waals surface area contributed by atoms with Gasteiger partial charge in [-0.15, -0.1) is 0 Å². The van der Waals surface area contributed by atoms with E-state index in [1.54, 1.807) is 13.0 Å². The molecule has 0 bridgehead atoms. The molecule has 0 heterocycles. The zero-order chi connectivity index (χ0) is 10.1. The number of hydrogen-bond donors (Lipinski definition) is 0. The van der Waals surface area contributed by atoms with E-state index in [2.05, 4.69) is 4.74 Å². The Bertz CT molecular complexity index is 194. The Kier molecular flexibility index (Phi) is 6.88. The predicted octanol–water partition coefficient (Wildman–Crippen LogP) is 1.86. The summed E-state index contributed by atoms with van der Waals surface area (Å²) in [6, 6.07) is 0. The number of unbranched alkanes of at least 4 members (excludes halogenated alkanes) is 1. The number of rotatable bonds is 6. The molecule has 3 heteroatoms. The number of ketones is 1. The van der Waals surface area contributed by atoms with Crippen LogP contribution >= 0.6 is 0 Å². The summed E-state index contributed by atoms with van der Waals surface area (Å²) in [5.41, 5.74) is 0. The van der Waals surface area contributed by atoms with Crippen molar-refractivity contribution in [1.29, 1.82) is 0 Å². The number of allylic oxidation sites excluding steroid dienone is 1. The molecule has 0 N–H and O–H groups in total. The fraction of sp³-hybridized carbons (Fsp3) is 0.600. The number of carbonyl (C=O) groups excluding carboxylic acids is 2. The molecule has 0 unspecified atom stereocenters. The first-order valence-corrected chi connectivity index (χ1v) is 4.51. The van der Waals surface area contributed by atoms with E-state index in [1.807, 2.05) is 6.92 Å². The molecular weight excluding hydrogens is 168 g/mol. The average molecular weight is 184 g/mol. The van der Waals surface area contributed by atoms with Crippen molar-refractivity contribution in [2.24, 2.45) is 0 Å². The van der Waals surface area contributed by atoms with Gasteiger partial charge in [0.05, 0.1) is 0 Å². The van der Waals surface area contributed by atoms with Gasteiger partial charge in [-0.3, -0.25) is 4.79 Å². The van der Waals surface area contributed by atoms with Gasteiger partial charge in [-0.2, -0.15) is 0 Å². The smallest absolute Gasteiger partial charge is 0.330 e. The SMILES string of the molecule is C/C=C/C(=O)OCC(=O)CCCC. The molecule has 0 aliphatic carbocycles. The van der Waals surface area contributed by atoms with Crippen LogP contribution in [0.4, 0.5) is 0 Å². The number of ether oxygens (including phenoxy) is 1. The van der Waals surface area contributed by atoms with Crippen LogP contribution in [0.1, 0.15) is 33.1 Å². The van der Waals surface area contributed by atoms with Gasteiger partial charge in [0.1, 0.15) is 6.61 Å². The number of esters is 1. The lowest BCUT2D eigenvalue weighted by atomic mass is 10.2. The lowest BCUT2D eigenvalue weighted by Crippen LogP contribution is -2.11. The van der Waals surface area contributed by atoms with Gasteiger partial charge >= 0.3 is 5.97 Å². The highest BCUT2D eigenvalue weighted by atomic mass is 16.5. The zero-order valence-corrected chi connectivity index (χ0v) is 8.21. The van der Waals surface area contributed by atoms with Crippen molar-refractivity contribution in [2.75, 3.05) is 6.61 Å². The van der Waals surface area contributed by atoms with E-state index >= 15 is 0 Å². The summed E-state index contributed by atoms with van der Waals surface area (Å²) < 4.78 is 4.67. The van der Waals surface area contributed by atoms with Crippen LogP contribution in [0.25, 0.3) is 0 Å². The average Bonchev–Trinajstić information content (AvgIpc) is 2.12. The fourth-order valence-corrected chi connectivity index (χ4v) is 0.782. The summed E-state index contributed by atoms with van der Waals surface area (Å²) in [6.45, 7) is 3.64. The quantitative estimate of drug-likeness (QED) is 0.467. The van der Waals surface area contributed by atoms with Gasteiger partial charge in [-0.05, 0) is 13.3 Å². The molecular formula is C10H16O3. The maximum atomic E-state index is 11.0. The molecule has 0 aliphatic rings. The minimum atomic E-state index is -0.452. The molecule has 0 spiro atoms. The Labute approximate surface area is 78.8 Å². The maximum Gasteiger partial charge on any atom is 0.330 e. The number of hydrogen-bond acceptors (Lipinski definition) is 3. The first kappa shape index (κ1) is 11.9. The van der Waals surface area contributed by atoms with E-state index in [-0.39, 0.29) is 12.4 Å². The molecule has 0 saturated carbocycles. The largest absolute Gasteiger partial charge is 0.455 e. The molecule has 0 rings (SSSR count). The molecule has 74 valence electrons. The highest BCUT2D eigenvalue weighted by Gasteiger charge is 2.03. The molecule has 3 nitrogen and oxygen atoms in total. The van der Waals surface area contributed by atoms with Gasteiger partial charge in [0.15, 0.2) is 5.78 Å². The van der Waals surface area contributed by atoms with Crippen LogP contribution in [0.3, 0.4) is 0 Å². The van der Waals surface area contributed by atoms with Crippen LogP contribution in [0.5, 0.6) is 0 Å². The minimum Gasteiger partial charge on any atom is -0.455 e. The summed E-state index contributed by atoms with van der Waals surface area (Å²) in [4.78, 5) is 21.8. The molecule has 0 aromatic carbocycles. The Hall–Kier alpha value is -1.12. The molecule has 0 radical (unpaired) electrons. The highest BCUT2D eigenvalue weighted by Crippen LogP contribution is 1.95. The fourth-order valence-electron chi connectivity index (χ4n) is 0.782. The normalized spacial score (nSPS) is 10.3. The Morgan fingerprint density at radius 2 is 2.08 bits per heavy atom. The molecule has 0 saturated heterocycles. The van der Waals surface area contributed by atoms with E-state index in [0.717, 1.165) is 12.8 Å². The van der Waals surface area contributed by atoms with E-state index in [4.69, 9.17) is 0 Å². The second-order valence-corrected chi connectivity index (χ2v) is 2.75. The van der Waals surface area contributed by atoms with Crippen molar-refractivity contribution in [3.63, 3.8) is 0 Å². The van der Waals surface area contributed by atoms with Gasteiger partial charge in [-0.1, -0.05) is 19.4 Å². The van der Waals surface area contributed by atoms with Crippen molar-refractivity contribution in [2.45, 2.75) is 33.1 Å². The molecule has 0 fully saturated rings. The summed E-state index contributed by atoms with van der Waals surface area (Å²) in [6.07, 6.45) is 5.22. The molecule has 0 aromatic rings. The second-order valence-electron chi connectivity index (χ2n) is 2.75. The standard InChI is InChI=1S/C10H16O3/c1-3-5-7-9(11)8-13-10(12)6-4-2/h4,6H,3,5,7-8H2,1-2H3/b6-4+. The van der Waals surface area contributed by atoms with Crippen LogP contribution in [-0.4, -0.2) is 18.4 Å². The Morgan fingerprint density at radius 3 is 2.62 bits per heavy atom. The summed E-state index contributed by atoms with van der Waals surface area (Å²) in [5.74, 6) is -0.466. The predicted molar refractivity (Wildman–Crippen MR) is 50.3 cm³/mol. The van der Waals surface area contributed by atoms with Gasteiger partial charge < -0.3 is 4.74 Å². The van der Waals surface area contributed by atoms with Gasteiger partial charge in [0.2, 0.25) is 0 Å². The third-order valence-electron chi connectivity index (χ3n) is 1.49. The van der Waals surface area contributed by atoms with E-state index in [9.17, 15) is 9.59 Å². The van der Waals surface area contributed by atoms with Crippen LogP contribution in [0, 0.1) is 0 Å². The van der Waals surface area contributed by atoms with E-state index < -0.39 is 5.97 Å². The number of carbonyl (C=O) groups is 2. The molecule has 0 aromatic heterocycles. The van der Waals surface area contributed by atoms with Crippen molar-refractivity contribution in [3.8, 4) is 0 Å². The topological polar surface area (TPSA) is 43.4 Å². The van der Waals surface area contributed by atoms with Gasteiger partial charge in [0, 0.05) is 12.5 Å². The van der Waals surface area contributed by atoms with Crippen LogP contribution in [-0.2, 0) is 14.3 Å². The number of Topliss-reactive ketones (excluding diaryl/α,β-unsaturated/α-hetero) is 1. The van der Waals surface area contributed by atoms with E-state index in [1.165, 1.54) is 6.08 Å². The highest BCUT2D eigenvalue weighted by molar-refractivity contribution is 5.86. The van der Waals surface area contributed by atoms with Gasteiger partial charge in [-0.25, -0.2) is 4.79 Å². The maximum absolute atomic E-state index is 11.0. The summed E-state index contributed by atoms with van der Waals surface area (Å²) in [5, 5.41) is 0. The summed E-state index contributed by atoms with van der Waals surface area (Å²) in [7, 11) is 0. The van der Waals surface area contributed by atoms with E-state index in [0.29, 0.717) is 6.42 Å². The Morgan fingerprint density at radius 1 is 1.38 bits per heavy atom. The van der Waals surface area contributed by atoms with Crippen molar-refractivity contribution in [1.82, 2.24) is 0 Å². The lowest BCUT2D eigenvalue weighted by molar-refractivity contribution is -0.143. The molecule has 0 aliphatic heterocycles. The van der Waals surface area contributed by atoms with Crippen LogP contribution < -0.4 is 0 Å². The minimum absolute atomic E-state index is 0.0142. The monoisotopic (exact) mass is 184 g/mol. The van der Waals surface area contributed by atoms with Crippen molar-refractivity contribution >= 4 is 11.8 Å². The Balaban J connectivity index is 3.52. The lowest BCUT2D eigenvalue weighted by Gasteiger charge is -1.99. The summed E-state index contributed by atoms with van der Waals surface area (Å²) >= 11 is 0. The first-order valence-electron chi connectivity index (χ1n) is 4.51. The third kappa shape index (κ3) is 7.25. The molecule has 0 amide bonds. The van der Waals surface area contributed by atoms with Gasteiger partial charge in [0.25, 0.3) is 0 Å². The van der Waals surface area contributed by atoms with Crippen molar-refractivity contribution in [3.05, 3.63) is 12.2 Å². The second kappa shape index (κ2) is 7.53. The zero-order valence-electron chi connectivity index (χ0n) is 8.21. The molecule has 0 atom stereocenters. The first-order chi connectivity index (χ1) is 6.20.